The van der Waals surface area contributed by atoms with Crippen LogP contribution in [0.15, 0.2) is 18.2 Å². The van der Waals surface area contributed by atoms with E-state index in [1.807, 2.05) is 23.9 Å². The lowest BCUT2D eigenvalue weighted by atomic mass is 10.1. The fourth-order valence-electron chi connectivity index (χ4n) is 1.74. The predicted molar refractivity (Wildman–Crippen MR) is 79.0 cm³/mol. The molecule has 6 heteroatoms. The highest BCUT2D eigenvalue weighted by Gasteiger charge is 2.17. The molecule has 0 saturated heterocycles. The van der Waals surface area contributed by atoms with Crippen LogP contribution in [0.25, 0.3) is 0 Å². The number of nitrogens with zero attached hydrogens (tertiary/aromatic N) is 2. The first-order valence-corrected chi connectivity index (χ1v) is 6.76. The fourth-order valence-corrected chi connectivity index (χ4v) is 1.91. The van der Waals surface area contributed by atoms with Gasteiger partial charge in [0.25, 0.3) is 0 Å². The molecule has 1 N–H and O–H groups in total. The molecule has 0 spiro atoms. The molecule has 0 radical (unpaired) electrons. The second kappa shape index (κ2) is 7.45. The minimum absolute atomic E-state index is 0.0420. The average molecular weight is 303 g/mol. The van der Waals surface area contributed by atoms with E-state index in [-0.39, 0.29) is 5.02 Å². The molecule has 0 saturated carbocycles. The Kier molecular flexibility index (Phi) is 6.23. The van der Waals surface area contributed by atoms with Gasteiger partial charge in [-0.05, 0) is 32.3 Å². The molecule has 0 aliphatic heterocycles. The molecule has 112 valence electrons. The van der Waals surface area contributed by atoms with Gasteiger partial charge in [-0.15, -0.1) is 0 Å². The summed E-state index contributed by atoms with van der Waals surface area (Å²) in [5, 5.41) is 9.07. The molecule has 0 bridgehead atoms. The van der Waals surface area contributed by atoms with Gasteiger partial charge in [0.2, 0.25) is 0 Å². The summed E-state index contributed by atoms with van der Waals surface area (Å²) in [5.41, 5.74) is 0.728. The number of anilines is 1. The number of benzene rings is 1. The van der Waals surface area contributed by atoms with Gasteiger partial charge < -0.3 is 14.9 Å². The summed E-state index contributed by atoms with van der Waals surface area (Å²) in [6.45, 7) is 3.41. The number of likely N-dealkylation sites (N-methyl/N-ethyl adjacent to an activating group) is 1. The molecule has 1 aromatic rings. The highest BCUT2D eigenvalue weighted by molar-refractivity contribution is 6.31. The van der Waals surface area contributed by atoms with Gasteiger partial charge >= 0.3 is 5.97 Å². The maximum atomic E-state index is 13.2. The third-order valence-electron chi connectivity index (χ3n) is 3.00. The van der Waals surface area contributed by atoms with Crippen molar-refractivity contribution < 1.29 is 14.3 Å². The maximum absolute atomic E-state index is 13.2. The van der Waals surface area contributed by atoms with Crippen molar-refractivity contribution in [1.82, 2.24) is 4.90 Å². The maximum Gasteiger partial charge on any atom is 0.308 e. The zero-order valence-corrected chi connectivity index (χ0v) is 12.7. The summed E-state index contributed by atoms with van der Waals surface area (Å²) in [4.78, 5) is 14.9. The Morgan fingerprint density at radius 3 is 2.55 bits per heavy atom. The number of hydrogen-bond acceptors (Lipinski definition) is 3. The molecule has 0 aliphatic rings. The van der Waals surface area contributed by atoms with Crippen LogP contribution in [0.2, 0.25) is 5.02 Å². The minimum Gasteiger partial charge on any atom is -0.481 e. The van der Waals surface area contributed by atoms with E-state index in [1.54, 1.807) is 13.0 Å². The Balaban J connectivity index is 2.90. The number of halogens is 2. The lowest BCUT2D eigenvalue weighted by molar-refractivity contribution is -0.140. The molecule has 0 aliphatic carbocycles. The highest BCUT2D eigenvalue weighted by Crippen LogP contribution is 2.23. The van der Waals surface area contributed by atoms with E-state index in [2.05, 4.69) is 0 Å². The number of carboxylic acids is 1. The quantitative estimate of drug-likeness (QED) is 0.841. The first kappa shape index (κ1) is 16.7. The summed E-state index contributed by atoms with van der Waals surface area (Å²) in [6, 6.07) is 4.44. The van der Waals surface area contributed by atoms with Crippen molar-refractivity contribution >= 4 is 23.3 Å². The molecule has 1 aromatic carbocycles. The van der Waals surface area contributed by atoms with Crippen LogP contribution < -0.4 is 4.90 Å². The van der Waals surface area contributed by atoms with Crippen LogP contribution in [0.4, 0.5) is 10.1 Å². The molecular formula is C14H20ClFN2O2. The van der Waals surface area contributed by atoms with Crippen molar-refractivity contribution in [2.24, 2.45) is 5.92 Å². The first-order valence-electron chi connectivity index (χ1n) is 6.38. The van der Waals surface area contributed by atoms with Crippen LogP contribution in [0.1, 0.15) is 6.92 Å². The summed E-state index contributed by atoms with van der Waals surface area (Å²) >= 11 is 5.79. The van der Waals surface area contributed by atoms with Crippen molar-refractivity contribution in [2.75, 3.05) is 38.6 Å². The van der Waals surface area contributed by atoms with Gasteiger partial charge in [0.1, 0.15) is 5.82 Å². The van der Waals surface area contributed by atoms with Gasteiger partial charge in [-0.1, -0.05) is 18.5 Å². The molecule has 0 fully saturated rings. The Bertz CT molecular complexity index is 468. The standard InChI is InChI=1S/C14H20ClFN2O2/c1-10(14(19)20)9-18(7-6-17(2)3)11-4-5-13(16)12(15)8-11/h4-5,8,10H,6-7,9H2,1-3H3,(H,19,20). The zero-order valence-electron chi connectivity index (χ0n) is 11.9. The van der Waals surface area contributed by atoms with E-state index in [0.29, 0.717) is 13.1 Å². The van der Waals surface area contributed by atoms with Crippen LogP contribution in [0, 0.1) is 11.7 Å². The number of aliphatic carboxylic acids is 1. The summed E-state index contributed by atoms with van der Waals surface area (Å²) in [7, 11) is 3.88. The van der Waals surface area contributed by atoms with Crippen molar-refractivity contribution in [3.63, 3.8) is 0 Å². The Labute approximate surface area is 123 Å². The van der Waals surface area contributed by atoms with Gasteiger partial charge in [0.05, 0.1) is 10.9 Å². The number of carbonyl (C=O) groups is 1. The molecule has 1 rings (SSSR count). The lowest BCUT2D eigenvalue weighted by Gasteiger charge is -2.28. The SMILES string of the molecule is CC(CN(CCN(C)C)c1ccc(F)c(Cl)c1)C(=O)O. The molecule has 1 atom stereocenters. The van der Waals surface area contributed by atoms with Crippen molar-refractivity contribution in [3.05, 3.63) is 29.0 Å². The second-order valence-electron chi connectivity index (χ2n) is 5.09. The van der Waals surface area contributed by atoms with Crippen LogP contribution >= 0.6 is 11.6 Å². The zero-order chi connectivity index (χ0) is 15.3. The van der Waals surface area contributed by atoms with E-state index >= 15 is 0 Å². The van der Waals surface area contributed by atoms with Crippen LogP contribution in [-0.2, 0) is 4.79 Å². The third-order valence-corrected chi connectivity index (χ3v) is 3.29. The molecule has 1 unspecified atom stereocenters. The van der Waals surface area contributed by atoms with Crippen molar-refractivity contribution in [3.8, 4) is 0 Å². The van der Waals surface area contributed by atoms with Crippen LogP contribution in [0.5, 0.6) is 0 Å². The first-order chi connectivity index (χ1) is 9.31. The molecule has 0 aromatic heterocycles. The normalized spacial score (nSPS) is 12.5. The fraction of sp³-hybridized carbons (Fsp3) is 0.500. The molecular weight excluding hydrogens is 283 g/mol. The molecule has 0 heterocycles. The Hall–Kier alpha value is -1.33. The molecule has 4 nitrogen and oxygen atoms in total. The van der Waals surface area contributed by atoms with E-state index in [1.165, 1.54) is 12.1 Å². The van der Waals surface area contributed by atoms with Gasteiger partial charge in [0, 0.05) is 25.3 Å². The summed E-state index contributed by atoms with van der Waals surface area (Å²) in [5.74, 6) is -1.84. The molecule has 20 heavy (non-hydrogen) atoms. The minimum atomic E-state index is -0.854. The Morgan fingerprint density at radius 2 is 2.05 bits per heavy atom. The largest absolute Gasteiger partial charge is 0.481 e. The van der Waals surface area contributed by atoms with Gasteiger partial charge in [-0.25, -0.2) is 4.39 Å². The van der Waals surface area contributed by atoms with Gasteiger partial charge in [-0.2, -0.15) is 0 Å². The summed E-state index contributed by atoms with van der Waals surface area (Å²) < 4.78 is 13.2. The van der Waals surface area contributed by atoms with Gasteiger partial charge in [0.15, 0.2) is 0 Å². The predicted octanol–water partition coefficient (Wildman–Crippen LogP) is 2.57. The van der Waals surface area contributed by atoms with E-state index in [9.17, 15) is 9.18 Å². The monoisotopic (exact) mass is 302 g/mol. The number of rotatable bonds is 7. The third kappa shape index (κ3) is 4.98. The van der Waals surface area contributed by atoms with Crippen LogP contribution in [0.3, 0.4) is 0 Å². The molecule has 0 amide bonds. The number of carboxylic acid groups (broad SMARTS) is 1. The second-order valence-corrected chi connectivity index (χ2v) is 5.49. The smallest absolute Gasteiger partial charge is 0.308 e. The average Bonchev–Trinajstić information content (AvgIpc) is 2.37. The highest BCUT2D eigenvalue weighted by atomic mass is 35.5. The van der Waals surface area contributed by atoms with Crippen molar-refractivity contribution in [1.29, 1.82) is 0 Å². The Morgan fingerprint density at radius 1 is 1.40 bits per heavy atom. The van der Waals surface area contributed by atoms with Crippen molar-refractivity contribution in [2.45, 2.75) is 6.92 Å². The number of hydrogen-bond donors (Lipinski definition) is 1. The van der Waals surface area contributed by atoms with Crippen LogP contribution in [-0.4, -0.2) is 49.7 Å². The topological polar surface area (TPSA) is 43.8 Å². The van der Waals surface area contributed by atoms with E-state index in [4.69, 9.17) is 16.7 Å². The van der Waals surface area contributed by atoms with E-state index in [0.717, 1.165) is 12.2 Å². The lowest BCUT2D eigenvalue weighted by Crippen LogP contribution is -2.36. The van der Waals surface area contributed by atoms with E-state index < -0.39 is 17.7 Å². The summed E-state index contributed by atoms with van der Waals surface area (Å²) in [6.07, 6.45) is 0. The van der Waals surface area contributed by atoms with Gasteiger partial charge in [-0.3, -0.25) is 4.79 Å².